The van der Waals surface area contributed by atoms with E-state index in [9.17, 15) is 13.6 Å². The fourth-order valence-corrected chi connectivity index (χ4v) is 3.13. The minimum Gasteiger partial charge on any atom is -0.497 e. The molecule has 0 fully saturated rings. The van der Waals surface area contributed by atoms with E-state index in [1.165, 1.54) is 12.1 Å². The molecule has 1 amide bonds. The number of carbonyl (C=O) groups excluding carboxylic acids is 1. The van der Waals surface area contributed by atoms with Crippen LogP contribution in [0.3, 0.4) is 0 Å². The van der Waals surface area contributed by atoms with Gasteiger partial charge in [-0.05, 0) is 47.4 Å². The first-order chi connectivity index (χ1) is 14.5. The summed E-state index contributed by atoms with van der Waals surface area (Å²) in [4.78, 5) is 12.6. The van der Waals surface area contributed by atoms with Gasteiger partial charge in [0.1, 0.15) is 11.5 Å². The monoisotopic (exact) mass is 411 g/mol. The van der Waals surface area contributed by atoms with Crippen LogP contribution >= 0.6 is 0 Å². The molecule has 0 saturated heterocycles. The van der Waals surface area contributed by atoms with Gasteiger partial charge < -0.3 is 14.8 Å². The Morgan fingerprint density at radius 1 is 0.867 bits per heavy atom. The van der Waals surface area contributed by atoms with E-state index in [-0.39, 0.29) is 11.7 Å². The first kappa shape index (κ1) is 21.3. The number of methoxy groups -OCH3 is 1. The largest absolute Gasteiger partial charge is 0.497 e. The van der Waals surface area contributed by atoms with Crippen LogP contribution in [0.15, 0.2) is 78.9 Å². The van der Waals surface area contributed by atoms with Gasteiger partial charge in [-0.25, -0.2) is 0 Å². The molecular weight excluding hydrogens is 388 g/mol. The standard InChI is InChI=1S/C24H23F2NO3/c1-29-20-12-7-17(8-13-20)9-16-22(28)27-23(18-5-3-2-4-6-18)19-10-14-21(15-11-19)30-24(25)26/h2-8,10-15,23-24H,9,16H2,1H3,(H,27,28)/t23-/m1/s1. The van der Waals surface area contributed by atoms with E-state index in [1.807, 2.05) is 54.6 Å². The van der Waals surface area contributed by atoms with Crippen LogP contribution < -0.4 is 14.8 Å². The van der Waals surface area contributed by atoms with Crippen molar-refractivity contribution in [2.45, 2.75) is 25.5 Å². The smallest absolute Gasteiger partial charge is 0.387 e. The summed E-state index contributed by atoms with van der Waals surface area (Å²) >= 11 is 0. The van der Waals surface area contributed by atoms with E-state index in [0.717, 1.165) is 22.4 Å². The SMILES string of the molecule is COc1ccc(CCC(=O)N[C@H](c2ccccc2)c2ccc(OC(F)F)cc2)cc1. The second-order valence-corrected chi connectivity index (χ2v) is 6.71. The van der Waals surface area contributed by atoms with Gasteiger partial charge in [-0.2, -0.15) is 8.78 Å². The first-order valence-electron chi connectivity index (χ1n) is 9.57. The quantitative estimate of drug-likeness (QED) is 0.531. The van der Waals surface area contributed by atoms with Crippen LogP contribution in [0.1, 0.15) is 29.2 Å². The minimum atomic E-state index is -2.88. The normalized spacial score (nSPS) is 11.7. The predicted molar refractivity (Wildman–Crippen MR) is 111 cm³/mol. The highest BCUT2D eigenvalue weighted by molar-refractivity contribution is 5.77. The number of hydrogen-bond donors (Lipinski definition) is 1. The zero-order valence-electron chi connectivity index (χ0n) is 16.6. The Kier molecular flexibility index (Phi) is 7.38. The van der Waals surface area contributed by atoms with Crippen LogP contribution in [0.2, 0.25) is 0 Å². The molecule has 3 aromatic carbocycles. The minimum absolute atomic E-state index is 0.0754. The molecule has 0 spiro atoms. The summed E-state index contributed by atoms with van der Waals surface area (Å²) in [6.07, 6.45) is 0.917. The van der Waals surface area contributed by atoms with Gasteiger partial charge in [0.15, 0.2) is 0 Å². The van der Waals surface area contributed by atoms with Gasteiger partial charge in [-0.15, -0.1) is 0 Å². The summed E-state index contributed by atoms with van der Waals surface area (Å²) in [5, 5.41) is 3.05. The molecule has 0 aliphatic carbocycles. The van der Waals surface area contributed by atoms with Crippen molar-refractivity contribution in [1.82, 2.24) is 5.32 Å². The lowest BCUT2D eigenvalue weighted by Crippen LogP contribution is -2.29. The Morgan fingerprint density at radius 3 is 2.07 bits per heavy atom. The van der Waals surface area contributed by atoms with Crippen molar-refractivity contribution in [2.24, 2.45) is 0 Å². The second kappa shape index (κ2) is 10.4. The van der Waals surface area contributed by atoms with Crippen molar-refractivity contribution in [3.05, 3.63) is 95.6 Å². The molecule has 0 aliphatic heterocycles. The molecule has 0 saturated carbocycles. The molecule has 0 aliphatic rings. The third-order valence-electron chi connectivity index (χ3n) is 4.68. The second-order valence-electron chi connectivity index (χ2n) is 6.71. The van der Waals surface area contributed by atoms with Gasteiger partial charge in [0.2, 0.25) is 5.91 Å². The summed E-state index contributed by atoms with van der Waals surface area (Å²) in [6, 6.07) is 23.0. The van der Waals surface area contributed by atoms with Crippen molar-refractivity contribution >= 4 is 5.91 Å². The Morgan fingerprint density at radius 2 is 1.47 bits per heavy atom. The molecule has 4 nitrogen and oxygen atoms in total. The van der Waals surface area contributed by atoms with Gasteiger partial charge >= 0.3 is 6.61 Å². The third kappa shape index (κ3) is 6.04. The third-order valence-corrected chi connectivity index (χ3v) is 4.68. The number of halogens is 2. The summed E-state index contributed by atoms with van der Waals surface area (Å²) < 4.78 is 34.4. The van der Waals surface area contributed by atoms with E-state index in [4.69, 9.17) is 4.74 Å². The Bertz CT molecular complexity index is 929. The van der Waals surface area contributed by atoms with Gasteiger partial charge in [0, 0.05) is 6.42 Å². The molecule has 0 unspecified atom stereocenters. The molecule has 0 aromatic heterocycles. The molecule has 1 N–H and O–H groups in total. The molecule has 0 radical (unpaired) electrons. The molecular formula is C24H23F2NO3. The molecule has 3 rings (SSSR count). The van der Waals surface area contributed by atoms with E-state index in [1.54, 1.807) is 19.2 Å². The highest BCUT2D eigenvalue weighted by Gasteiger charge is 2.17. The van der Waals surface area contributed by atoms with E-state index in [0.29, 0.717) is 12.8 Å². The average Bonchev–Trinajstić information content (AvgIpc) is 2.77. The van der Waals surface area contributed by atoms with Crippen molar-refractivity contribution < 1.29 is 23.0 Å². The van der Waals surface area contributed by atoms with Gasteiger partial charge in [0.05, 0.1) is 13.2 Å². The van der Waals surface area contributed by atoms with Crippen LogP contribution in [-0.4, -0.2) is 19.6 Å². The molecule has 1 atom stereocenters. The topological polar surface area (TPSA) is 47.6 Å². The number of ether oxygens (including phenoxy) is 2. The predicted octanol–water partition coefficient (Wildman–Crippen LogP) is 5.14. The maximum Gasteiger partial charge on any atom is 0.387 e. The van der Waals surface area contributed by atoms with Crippen LogP contribution in [0, 0.1) is 0 Å². The van der Waals surface area contributed by atoms with Gasteiger partial charge in [-0.3, -0.25) is 4.79 Å². The van der Waals surface area contributed by atoms with Crippen molar-refractivity contribution in [1.29, 1.82) is 0 Å². The highest BCUT2D eigenvalue weighted by atomic mass is 19.3. The molecule has 156 valence electrons. The lowest BCUT2D eigenvalue weighted by molar-refractivity contribution is -0.121. The van der Waals surface area contributed by atoms with E-state index < -0.39 is 12.7 Å². The summed E-state index contributed by atoms with van der Waals surface area (Å²) in [5.41, 5.74) is 2.72. The number of alkyl halides is 2. The van der Waals surface area contributed by atoms with Crippen LogP contribution in [0.4, 0.5) is 8.78 Å². The highest BCUT2D eigenvalue weighted by Crippen LogP contribution is 2.25. The van der Waals surface area contributed by atoms with Crippen LogP contribution in [0.25, 0.3) is 0 Å². The van der Waals surface area contributed by atoms with E-state index >= 15 is 0 Å². The van der Waals surface area contributed by atoms with Crippen molar-refractivity contribution in [3.8, 4) is 11.5 Å². The molecule has 0 heterocycles. The number of nitrogens with one attached hydrogen (secondary N) is 1. The fraction of sp³-hybridized carbons (Fsp3) is 0.208. The number of rotatable bonds is 9. The number of amides is 1. The van der Waals surface area contributed by atoms with Gasteiger partial charge in [-0.1, -0.05) is 54.6 Å². The average molecular weight is 411 g/mol. The summed E-state index contributed by atoms with van der Waals surface area (Å²) in [7, 11) is 1.61. The van der Waals surface area contributed by atoms with E-state index in [2.05, 4.69) is 10.1 Å². The van der Waals surface area contributed by atoms with Crippen molar-refractivity contribution in [3.63, 3.8) is 0 Å². The number of hydrogen-bond acceptors (Lipinski definition) is 3. The molecule has 3 aromatic rings. The maximum absolute atomic E-state index is 12.6. The maximum atomic E-state index is 12.6. The van der Waals surface area contributed by atoms with Crippen LogP contribution in [0.5, 0.6) is 11.5 Å². The molecule has 30 heavy (non-hydrogen) atoms. The lowest BCUT2D eigenvalue weighted by atomic mass is 9.98. The fourth-order valence-electron chi connectivity index (χ4n) is 3.13. The Labute approximate surface area is 174 Å². The first-order valence-corrected chi connectivity index (χ1v) is 9.57. The molecule has 0 bridgehead atoms. The molecule has 6 heteroatoms. The number of benzene rings is 3. The number of carbonyl (C=O) groups is 1. The lowest BCUT2D eigenvalue weighted by Gasteiger charge is -2.20. The van der Waals surface area contributed by atoms with Gasteiger partial charge in [0.25, 0.3) is 0 Å². The Hall–Kier alpha value is -3.41. The zero-order valence-corrected chi connectivity index (χ0v) is 16.6. The summed E-state index contributed by atoms with van der Waals surface area (Å²) in [6.45, 7) is -2.88. The number of aryl methyl sites for hydroxylation is 1. The van der Waals surface area contributed by atoms with Crippen LogP contribution in [-0.2, 0) is 11.2 Å². The zero-order chi connectivity index (χ0) is 21.3. The summed E-state index contributed by atoms with van der Waals surface area (Å²) in [5.74, 6) is 0.741. The Balaban J connectivity index is 1.70. The van der Waals surface area contributed by atoms with Crippen molar-refractivity contribution in [2.75, 3.05) is 7.11 Å².